The van der Waals surface area contributed by atoms with Crippen molar-refractivity contribution in [2.75, 3.05) is 38.6 Å². The fraction of sp³-hybridized carbons (Fsp3) is 0.455. The summed E-state index contributed by atoms with van der Waals surface area (Å²) in [7, 11) is 0. The van der Waals surface area contributed by atoms with Crippen molar-refractivity contribution in [1.29, 1.82) is 0 Å². The molecule has 2 aromatic rings. The molecule has 8 heteroatoms. The van der Waals surface area contributed by atoms with Crippen LogP contribution in [0, 0.1) is 0 Å². The number of likely N-dealkylation sites (tertiary alicyclic amines) is 2. The summed E-state index contributed by atoms with van der Waals surface area (Å²) in [5, 5.41) is 0. The van der Waals surface area contributed by atoms with Crippen molar-refractivity contribution >= 4 is 17.6 Å². The van der Waals surface area contributed by atoms with Gasteiger partial charge >= 0.3 is 0 Å². The Morgan fingerprint density at radius 2 is 1.90 bits per heavy atom. The van der Waals surface area contributed by atoms with Crippen LogP contribution >= 0.6 is 0 Å². The summed E-state index contributed by atoms with van der Waals surface area (Å²) in [6.07, 6.45) is 6.91. The number of amides is 2. The van der Waals surface area contributed by atoms with E-state index >= 15 is 0 Å². The first-order valence-electron chi connectivity index (χ1n) is 10.4. The third kappa shape index (κ3) is 4.59. The predicted molar refractivity (Wildman–Crippen MR) is 112 cm³/mol. The maximum absolute atomic E-state index is 12.7. The Hall–Kier alpha value is -3.00. The van der Waals surface area contributed by atoms with Crippen LogP contribution in [0.4, 0.5) is 5.82 Å². The Morgan fingerprint density at radius 1 is 1.10 bits per heavy atom. The van der Waals surface area contributed by atoms with E-state index in [4.69, 9.17) is 10.5 Å². The number of nitrogen functional groups attached to an aromatic ring is 1. The predicted octanol–water partition coefficient (Wildman–Crippen LogP) is 2.03. The number of aromatic nitrogens is 2. The Morgan fingerprint density at radius 3 is 2.57 bits per heavy atom. The molecule has 2 N–H and O–H groups in total. The van der Waals surface area contributed by atoms with E-state index in [0.29, 0.717) is 31.9 Å². The maximum atomic E-state index is 12.7. The minimum Gasteiger partial charge on any atom is -0.384 e. The summed E-state index contributed by atoms with van der Waals surface area (Å²) < 4.78 is 5.57. The lowest BCUT2D eigenvalue weighted by Gasteiger charge is -2.24. The van der Waals surface area contributed by atoms with Crippen LogP contribution in [0.3, 0.4) is 0 Å². The normalized spacial score (nSPS) is 18.9. The van der Waals surface area contributed by atoms with Crippen LogP contribution in [0.1, 0.15) is 37.4 Å². The van der Waals surface area contributed by atoms with Crippen LogP contribution in [0.15, 0.2) is 36.7 Å². The zero-order chi connectivity index (χ0) is 20.9. The molecule has 0 saturated carbocycles. The van der Waals surface area contributed by atoms with Crippen molar-refractivity contribution < 1.29 is 14.3 Å². The van der Waals surface area contributed by atoms with E-state index in [-0.39, 0.29) is 24.5 Å². The molecule has 4 heterocycles. The van der Waals surface area contributed by atoms with E-state index in [1.165, 1.54) is 0 Å². The highest BCUT2D eigenvalue weighted by molar-refractivity contribution is 5.78. The first-order chi connectivity index (χ1) is 14.6. The molecule has 8 nitrogen and oxygen atoms in total. The Balaban J connectivity index is 1.31. The van der Waals surface area contributed by atoms with Gasteiger partial charge in [0, 0.05) is 49.6 Å². The van der Waals surface area contributed by atoms with Crippen LogP contribution in [0.2, 0.25) is 0 Å². The smallest absolute Gasteiger partial charge is 0.249 e. The summed E-state index contributed by atoms with van der Waals surface area (Å²) in [5.74, 6) is 0.630. The van der Waals surface area contributed by atoms with Gasteiger partial charge in [-0.15, -0.1) is 0 Å². The molecule has 1 atom stereocenters. The Labute approximate surface area is 176 Å². The third-order valence-corrected chi connectivity index (χ3v) is 5.72. The van der Waals surface area contributed by atoms with E-state index in [1.54, 1.807) is 17.2 Å². The van der Waals surface area contributed by atoms with E-state index in [2.05, 4.69) is 9.97 Å². The highest BCUT2D eigenvalue weighted by Crippen LogP contribution is 2.31. The van der Waals surface area contributed by atoms with E-state index in [1.807, 2.05) is 29.3 Å². The monoisotopic (exact) mass is 409 g/mol. The number of pyridine rings is 2. The second kappa shape index (κ2) is 9.21. The highest BCUT2D eigenvalue weighted by atomic mass is 16.5. The third-order valence-electron chi connectivity index (χ3n) is 5.72. The lowest BCUT2D eigenvalue weighted by atomic mass is 10.1. The first-order valence-corrected chi connectivity index (χ1v) is 10.4. The zero-order valence-corrected chi connectivity index (χ0v) is 17.0. The molecule has 0 aliphatic carbocycles. The second-order valence-electron chi connectivity index (χ2n) is 7.73. The van der Waals surface area contributed by atoms with Crippen LogP contribution in [-0.4, -0.2) is 64.4 Å². The molecule has 2 aromatic heterocycles. The Bertz CT molecular complexity index is 885. The molecule has 0 bridgehead atoms. The van der Waals surface area contributed by atoms with Crippen LogP contribution in [0.25, 0.3) is 11.1 Å². The van der Waals surface area contributed by atoms with Gasteiger partial charge in [0.25, 0.3) is 0 Å². The topological polar surface area (TPSA) is 102 Å². The summed E-state index contributed by atoms with van der Waals surface area (Å²) in [6.45, 7) is 2.48. The van der Waals surface area contributed by atoms with Gasteiger partial charge in [0.05, 0.1) is 18.3 Å². The second-order valence-corrected chi connectivity index (χ2v) is 7.73. The molecule has 0 radical (unpaired) electrons. The minimum absolute atomic E-state index is 0.0279. The lowest BCUT2D eigenvalue weighted by molar-refractivity contribution is -0.137. The highest BCUT2D eigenvalue weighted by Gasteiger charge is 2.31. The minimum atomic E-state index is -0.0288. The van der Waals surface area contributed by atoms with Gasteiger partial charge in [-0.25, -0.2) is 4.98 Å². The molecule has 4 rings (SSSR count). The molecule has 2 aliphatic rings. The van der Waals surface area contributed by atoms with Gasteiger partial charge in [-0.05, 0) is 37.5 Å². The van der Waals surface area contributed by atoms with Crippen molar-refractivity contribution in [3.8, 4) is 11.1 Å². The number of hydrogen-bond acceptors (Lipinski definition) is 6. The number of carbonyl (C=O) groups is 2. The van der Waals surface area contributed by atoms with Gasteiger partial charge in [-0.2, -0.15) is 0 Å². The van der Waals surface area contributed by atoms with Crippen molar-refractivity contribution in [2.24, 2.45) is 0 Å². The van der Waals surface area contributed by atoms with E-state index in [9.17, 15) is 9.59 Å². The average molecular weight is 409 g/mol. The SMILES string of the molecule is Nc1ccc(-c2ccc(C3CCCN3C(=O)COCCN3CCCC3=O)nc2)cn1. The largest absolute Gasteiger partial charge is 0.384 e. The van der Waals surface area contributed by atoms with Gasteiger partial charge in [0.2, 0.25) is 11.8 Å². The molecule has 1 unspecified atom stereocenters. The van der Waals surface area contributed by atoms with Gasteiger partial charge in [0.15, 0.2) is 0 Å². The average Bonchev–Trinajstić information content (AvgIpc) is 3.41. The number of ether oxygens (including phenoxy) is 1. The van der Waals surface area contributed by atoms with Crippen molar-refractivity contribution in [1.82, 2.24) is 19.8 Å². The fourth-order valence-corrected chi connectivity index (χ4v) is 4.08. The molecule has 2 fully saturated rings. The van der Waals surface area contributed by atoms with Gasteiger partial charge in [-0.3, -0.25) is 14.6 Å². The summed E-state index contributed by atoms with van der Waals surface area (Å²) in [4.78, 5) is 36.7. The standard InChI is InChI=1S/C22H27N5O3/c23-20-8-6-17(14-25-20)16-5-7-18(24-13-16)19-3-1-10-27(19)22(29)15-30-12-11-26-9-2-4-21(26)28/h5-8,13-14,19H,1-4,9-12,15H2,(H2,23,25). The molecule has 2 aliphatic heterocycles. The van der Waals surface area contributed by atoms with Crippen molar-refractivity contribution in [3.63, 3.8) is 0 Å². The van der Waals surface area contributed by atoms with Crippen LogP contribution in [0.5, 0.6) is 0 Å². The van der Waals surface area contributed by atoms with Gasteiger partial charge in [0.1, 0.15) is 12.4 Å². The van der Waals surface area contributed by atoms with Gasteiger partial charge in [-0.1, -0.05) is 6.07 Å². The number of nitrogens with zero attached hydrogens (tertiary/aromatic N) is 4. The molecule has 30 heavy (non-hydrogen) atoms. The lowest BCUT2D eigenvalue weighted by Crippen LogP contribution is -2.35. The summed E-state index contributed by atoms with van der Waals surface area (Å²) in [6, 6.07) is 7.62. The van der Waals surface area contributed by atoms with Gasteiger partial charge < -0.3 is 20.3 Å². The summed E-state index contributed by atoms with van der Waals surface area (Å²) in [5.41, 5.74) is 8.44. The number of anilines is 1. The molecule has 0 aromatic carbocycles. The molecule has 2 saturated heterocycles. The van der Waals surface area contributed by atoms with E-state index in [0.717, 1.165) is 42.6 Å². The molecular formula is C22H27N5O3. The molecule has 158 valence electrons. The van der Waals surface area contributed by atoms with E-state index < -0.39 is 0 Å². The number of hydrogen-bond donors (Lipinski definition) is 1. The van der Waals surface area contributed by atoms with Crippen molar-refractivity contribution in [3.05, 3.63) is 42.4 Å². The number of rotatable bonds is 7. The maximum Gasteiger partial charge on any atom is 0.249 e. The van der Waals surface area contributed by atoms with Crippen molar-refractivity contribution in [2.45, 2.75) is 31.7 Å². The fourth-order valence-electron chi connectivity index (χ4n) is 4.08. The molecule has 0 spiro atoms. The van der Waals surface area contributed by atoms with Crippen LogP contribution < -0.4 is 5.73 Å². The van der Waals surface area contributed by atoms with Crippen LogP contribution in [-0.2, 0) is 14.3 Å². The summed E-state index contributed by atoms with van der Waals surface area (Å²) >= 11 is 0. The number of nitrogens with two attached hydrogens (primary N) is 1. The zero-order valence-electron chi connectivity index (χ0n) is 17.0. The Kier molecular flexibility index (Phi) is 6.23. The first kappa shape index (κ1) is 20.3. The number of carbonyl (C=O) groups excluding carboxylic acids is 2. The molecular weight excluding hydrogens is 382 g/mol. The molecule has 2 amide bonds. The quantitative estimate of drug-likeness (QED) is 0.702.